The van der Waals surface area contributed by atoms with Gasteiger partial charge in [0.1, 0.15) is 5.75 Å². The maximum Gasteiger partial charge on any atom is 0.422 e. The minimum atomic E-state index is -4.39. The van der Waals surface area contributed by atoms with Gasteiger partial charge in [0.15, 0.2) is 6.61 Å². The summed E-state index contributed by atoms with van der Waals surface area (Å²) in [5, 5.41) is 0. The number of rotatable bonds is 3. The van der Waals surface area contributed by atoms with E-state index in [0.717, 1.165) is 0 Å². The molecule has 1 amide bonds. The quantitative estimate of drug-likeness (QED) is 0.891. The minimum absolute atomic E-state index is 0.102. The lowest BCUT2D eigenvalue weighted by atomic mass is 10.0. The molecule has 0 atom stereocenters. The van der Waals surface area contributed by atoms with Crippen LogP contribution in [0.5, 0.6) is 5.75 Å². The molecule has 0 heterocycles. The van der Waals surface area contributed by atoms with Crippen LogP contribution in [0.15, 0.2) is 12.1 Å². The number of hydrogen-bond acceptors (Lipinski definition) is 2. The van der Waals surface area contributed by atoms with E-state index in [4.69, 9.17) is 5.73 Å². The van der Waals surface area contributed by atoms with Crippen molar-refractivity contribution in [2.24, 2.45) is 5.73 Å². The number of primary amides is 1. The number of benzene rings is 1. The van der Waals surface area contributed by atoms with Crippen molar-refractivity contribution in [3.8, 4) is 5.75 Å². The van der Waals surface area contributed by atoms with Gasteiger partial charge >= 0.3 is 6.18 Å². The molecule has 0 saturated carbocycles. The van der Waals surface area contributed by atoms with E-state index in [0.29, 0.717) is 11.1 Å². The zero-order valence-electron chi connectivity index (χ0n) is 9.39. The first-order valence-corrected chi connectivity index (χ1v) is 4.82. The van der Waals surface area contributed by atoms with Crippen LogP contribution < -0.4 is 10.5 Å². The van der Waals surface area contributed by atoms with E-state index in [1.165, 1.54) is 12.1 Å². The summed E-state index contributed by atoms with van der Waals surface area (Å²) in [7, 11) is 0. The van der Waals surface area contributed by atoms with Gasteiger partial charge in [-0.3, -0.25) is 4.79 Å². The zero-order chi connectivity index (χ0) is 13.2. The largest absolute Gasteiger partial charge is 0.484 e. The van der Waals surface area contributed by atoms with Crippen molar-refractivity contribution in [1.82, 2.24) is 0 Å². The van der Waals surface area contributed by atoms with Crippen molar-refractivity contribution in [1.29, 1.82) is 0 Å². The predicted octanol–water partition coefficient (Wildman–Crippen LogP) is 2.34. The van der Waals surface area contributed by atoms with Crippen LogP contribution in [-0.4, -0.2) is 18.7 Å². The normalized spacial score (nSPS) is 11.4. The summed E-state index contributed by atoms with van der Waals surface area (Å²) < 4.78 is 40.6. The summed E-state index contributed by atoms with van der Waals surface area (Å²) in [6, 6.07) is 2.67. The predicted molar refractivity (Wildman–Crippen MR) is 56.0 cm³/mol. The molecule has 0 unspecified atom stereocenters. The Morgan fingerprint density at radius 1 is 1.29 bits per heavy atom. The van der Waals surface area contributed by atoms with Crippen LogP contribution in [0.4, 0.5) is 13.2 Å². The SMILES string of the molecule is Cc1c(OCC(F)(F)F)ccc(C(N)=O)c1C. The molecule has 0 aliphatic heterocycles. The fourth-order valence-corrected chi connectivity index (χ4v) is 1.38. The Labute approximate surface area is 96.4 Å². The van der Waals surface area contributed by atoms with Gasteiger partial charge in [0.2, 0.25) is 5.91 Å². The third-order valence-corrected chi connectivity index (χ3v) is 2.39. The molecule has 0 fully saturated rings. The van der Waals surface area contributed by atoms with Crippen molar-refractivity contribution >= 4 is 5.91 Å². The van der Waals surface area contributed by atoms with Crippen molar-refractivity contribution in [2.75, 3.05) is 6.61 Å². The molecule has 0 aliphatic carbocycles. The highest BCUT2D eigenvalue weighted by Gasteiger charge is 2.28. The van der Waals surface area contributed by atoms with Crippen molar-refractivity contribution in [3.63, 3.8) is 0 Å². The van der Waals surface area contributed by atoms with Gasteiger partial charge in [0, 0.05) is 5.56 Å². The Bertz CT molecular complexity index is 441. The second-order valence-corrected chi connectivity index (χ2v) is 3.63. The Kier molecular flexibility index (Phi) is 3.65. The molecule has 0 spiro atoms. The number of ether oxygens (including phenoxy) is 1. The number of amides is 1. The molecule has 0 aliphatic rings. The second-order valence-electron chi connectivity index (χ2n) is 3.63. The van der Waals surface area contributed by atoms with Gasteiger partial charge in [-0.15, -0.1) is 0 Å². The van der Waals surface area contributed by atoms with Gasteiger partial charge in [0.05, 0.1) is 0 Å². The Hall–Kier alpha value is -1.72. The van der Waals surface area contributed by atoms with E-state index < -0.39 is 18.7 Å². The molecule has 17 heavy (non-hydrogen) atoms. The lowest BCUT2D eigenvalue weighted by Crippen LogP contribution is -2.20. The highest BCUT2D eigenvalue weighted by molar-refractivity contribution is 5.94. The minimum Gasteiger partial charge on any atom is -0.484 e. The van der Waals surface area contributed by atoms with E-state index >= 15 is 0 Å². The van der Waals surface area contributed by atoms with Crippen LogP contribution >= 0.6 is 0 Å². The molecule has 94 valence electrons. The second kappa shape index (κ2) is 4.65. The highest BCUT2D eigenvalue weighted by Crippen LogP contribution is 2.26. The van der Waals surface area contributed by atoms with Gasteiger partial charge < -0.3 is 10.5 Å². The first kappa shape index (κ1) is 13.3. The standard InChI is InChI=1S/C11H12F3NO2/c1-6-7(2)9(17-5-11(12,13)14)4-3-8(6)10(15)16/h3-4H,5H2,1-2H3,(H2,15,16). The monoisotopic (exact) mass is 247 g/mol. The Morgan fingerprint density at radius 2 is 1.88 bits per heavy atom. The molecule has 0 saturated heterocycles. The summed E-state index contributed by atoms with van der Waals surface area (Å²) in [5.74, 6) is -0.516. The molecule has 2 N–H and O–H groups in total. The molecular formula is C11H12F3NO2. The third kappa shape index (κ3) is 3.37. The van der Waals surface area contributed by atoms with Gasteiger partial charge in [-0.05, 0) is 37.1 Å². The Balaban J connectivity index is 2.97. The summed E-state index contributed by atoms with van der Waals surface area (Å²) in [6.45, 7) is 1.83. The molecule has 1 rings (SSSR count). The number of hydrogen-bond donors (Lipinski definition) is 1. The van der Waals surface area contributed by atoms with Gasteiger partial charge in [-0.25, -0.2) is 0 Å². The smallest absolute Gasteiger partial charge is 0.422 e. The highest BCUT2D eigenvalue weighted by atomic mass is 19.4. The number of carbonyl (C=O) groups excluding carboxylic acids is 1. The molecule has 1 aromatic carbocycles. The van der Waals surface area contributed by atoms with Crippen molar-refractivity contribution in [2.45, 2.75) is 20.0 Å². The third-order valence-electron chi connectivity index (χ3n) is 2.39. The van der Waals surface area contributed by atoms with Crippen LogP contribution in [0.3, 0.4) is 0 Å². The van der Waals surface area contributed by atoms with Gasteiger partial charge in [-0.2, -0.15) is 13.2 Å². The fourth-order valence-electron chi connectivity index (χ4n) is 1.38. The van der Waals surface area contributed by atoms with E-state index in [-0.39, 0.29) is 11.3 Å². The molecule has 0 radical (unpaired) electrons. The maximum atomic E-state index is 12.0. The average Bonchev–Trinajstić information content (AvgIpc) is 2.18. The number of carbonyl (C=O) groups is 1. The zero-order valence-corrected chi connectivity index (χ0v) is 9.39. The molecule has 6 heteroatoms. The van der Waals surface area contributed by atoms with Crippen LogP contribution in [0.2, 0.25) is 0 Å². The van der Waals surface area contributed by atoms with Crippen LogP contribution in [0.1, 0.15) is 21.5 Å². The fraction of sp³-hybridized carbons (Fsp3) is 0.364. The summed E-state index contributed by atoms with van der Waals surface area (Å²) >= 11 is 0. The molecule has 3 nitrogen and oxygen atoms in total. The lowest BCUT2D eigenvalue weighted by Gasteiger charge is -2.14. The molecule has 1 aromatic rings. The van der Waals surface area contributed by atoms with E-state index in [2.05, 4.69) is 4.74 Å². The molecule has 0 bridgehead atoms. The maximum absolute atomic E-state index is 12.0. The van der Waals surface area contributed by atoms with E-state index in [1.54, 1.807) is 13.8 Å². The molecular weight excluding hydrogens is 235 g/mol. The number of halogens is 3. The number of alkyl halides is 3. The van der Waals surface area contributed by atoms with Crippen LogP contribution in [0.25, 0.3) is 0 Å². The van der Waals surface area contributed by atoms with Crippen molar-refractivity contribution < 1.29 is 22.7 Å². The lowest BCUT2D eigenvalue weighted by molar-refractivity contribution is -0.153. The van der Waals surface area contributed by atoms with Gasteiger partial charge in [0.25, 0.3) is 0 Å². The van der Waals surface area contributed by atoms with E-state index in [1.807, 2.05) is 0 Å². The summed E-state index contributed by atoms with van der Waals surface area (Å²) in [4.78, 5) is 11.0. The summed E-state index contributed by atoms with van der Waals surface area (Å²) in [5.41, 5.74) is 6.40. The van der Waals surface area contributed by atoms with Crippen LogP contribution in [-0.2, 0) is 0 Å². The first-order valence-electron chi connectivity index (χ1n) is 4.82. The number of nitrogens with two attached hydrogens (primary N) is 1. The van der Waals surface area contributed by atoms with Gasteiger partial charge in [-0.1, -0.05) is 0 Å². The van der Waals surface area contributed by atoms with Crippen molar-refractivity contribution in [3.05, 3.63) is 28.8 Å². The Morgan fingerprint density at radius 3 is 2.35 bits per heavy atom. The topological polar surface area (TPSA) is 52.3 Å². The van der Waals surface area contributed by atoms with Crippen LogP contribution in [0, 0.1) is 13.8 Å². The van der Waals surface area contributed by atoms with E-state index in [9.17, 15) is 18.0 Å². The summed E-state index contributed by atoms with van der Waals surface area (Å²) in [6.07, 6.45) is -4.39. The first-order chi connectivity index (χ1) is 7.72. The average molecular weight is 247 g/mol. The molecule has 0 aromatic heterocycles.